The van der Waals surface area contributed by atoms with Gasteiger partial charge in [-0.1, -0.05) is 25.2 Å². The maximum absolute atomic E-state index is 11.7. The van der Waals surface area contributed by atoms with E-state index in [1.54, 1.807) is 6.08 Å². The van der Waals surface area contributed by atoms with Crippen molar-refractivity contribution in [3.8, 4) is 12.3 Å². The molecule has 0 fully saturated rings. The first-order valence-corrected chi connectivity index (χ1v) is 3.70. The number of terminal acetylenes is 1. The van der Waals surface area contributed by atoms with Crippen molar-refractivity contribution in [1.29, 1.82) is 0 Å². The van der Waals surface area contributed by atoms with Crippen molar-refractivity contribution >= 4 is 0 Å². The van der Waals surface area contributed by atoms with Crippen LogP contribution in [0, 0.1) is 12.3 Å². The highest BCUT2D eigenvalue weighted by molar-refractivity contribution is 5.23. The zero-order valence-electron chi connectivity index (χ0n) is 6.81. The SMILES string of the molecule is C#CCC(/C=C\CF)=C/CC. The van der Waals surface area contributed by atoms with Gasteiger partial charge in [-0.15, -0.1) is 12.3 Å². The molecule has 0 atom stereocenters. The van der Waals surface area contributed by atoms with Gasteiger partial charge in [0.05, 0.1) is 0 Å². The van der Waals surface area contributed by atoms with Gasteiger partial charge in [0.15, 0.2) is 0 Å². The van der Waals surface area contributed by atoms with Crippen molar-refractivity contribution in [2.45, 2.75) is 19.8 Å². The van der Waals surface area contributed by atoms with Crippen LogP contribution in [0.2, 0.25) is 0 Å². The molecular formula is C10H13F. The summed E-state index contributed by atoms with van der Waals surface area (Å²) in [5, 5.41) is 0. The quantitative estimate of drug-likeness (QED) is 0.429. The summed E-state index contributed by atoms with van der Waals surface area (Å²) in [6, 6.07) is 0. The standard InChI is InChI=1S/C10H13F/c1-3-6-10(7-4-2)8-5-9-11/h1,5,7-8H,4,6,9H2,2H3/b8-5-,10-7-. The Labute approximate surface area is 67.8 Å². The number of alkyl halides is 1. The molecule has 0 saturated heterocycles. The highest BCUT2D eigenvalue weighted by atomic mass is 19.1. The van der Waals surface area contributed by atoms with E-state index in [1.165, 1.54) is 6.08 Å². The molecule has 0 radical (unpaired) electrons. The average molecular weight is 152 g/mol. The van der Waals surface area contributed by atoms with Crippen molar-refractivity contribution in [3.63, 3.8) is 0 Å². The van der Waals surface area contributed by atoms with Crippen LogP contribution in [0.5, 0.6) is 0 Å². The van der Waals surface area contributed by atoms with Gasteiger partial charge in [0.25, 0.3) is 0 Å². The first-order chi connectivity index (χ1) is 5.35. The van der Waals surface area contributed by atoms with Crippen LogP contribution in [0.4, 0.5) is 4.39 Å². The van der Waals surface area contributed by atoms with Gasteiger partial charge in [-0.25, -0.2) is 4.39 Å². The Kier molecular flexibility index (Phi) is 6.42. The summed E-state index contributed by atoms with van der Waals surface area (Å²) in [7, 11) is 0. The third-order valence-corrected chi connectivity index (χ3v) is 1.19. The minimum Gasteiger partial charge on any atom is -0.247 e. The minimum atomic E-state index is -0.425. The molecule has 0 unspecified atom stereocenters. The van der Waals surface area contributed by atoms with Crippen LogP contribution in [0.15, 0.2) is 23.8 Å². The molecule has 0 aliphatic carbocycles. The molecule has 11 heavy (non-hydrogen) atoms. The molecule has 0 aliphatic rings. The lowest BCUT2D eigenvalue weighted by Gasteiger charge is -1.93. The smallest absolute Gasteiger partial charge is 0.108 e. The summed E-state index contributed by atoms with van der Waals surface area (Å²) in [6.45, 7) is 1.60. The van der Waals surface area contributed by atoms with Gasteiger partial charge < -0.3 is 0 Å². The maximum Gasteiger partial charge on any atom is 0.108 e. The van der Waals surface area contributed by atoms with E-state index in [9.17, 15) is 4.39 Å². The normalized spacial score (nSPS) is 11.9. The third kappa shape index (κ3) is 5.42. The Bertz CT molecular complexity index is 182. The van der Waals surface area contributed by atoms with Gasteiger partial charge in [0.1, 0.15) is 6.67 Å². The lowest BCUT2D eigenvalue weighted by atomic mass is 10.1. The third-order valence-electron chi connectivity index (χ3n) is 1.19. The van der Waals surface area contributed by atoms with Crippen LogP contribution in [-0.2, 0) is 0 Å². The molecule has 0 bridgehead atoms. The van der Waals surface area contributed by atoms with Crippen LogP contribution >= 0.6 is 0 Å². The van der Waals surface area contributed by atoms with Gasteiger partial charge in [-0.2, -0.15) is 0 Å². The molecule has 0 rings (SSSR count). The predicted molar refractivity (Wildman–Crippen MR) is 46.9 cm³/mol. The van der Waals surface area contributed by atoms with Crippen LogP contribution in [0.1, 0.15) is 19.8 Å². The number of hydrogen-bond donors (Lipinski definition) is 0. The molecule has 1 heteroatoms. The van der Waals surface area contributed by atoms with E-state index in [0.29, 0.717) is 6.42 Å². The molecule has 0 aliphatic heterocycles. The highest BCUT2D eigenvalue weighted by Crippen LogP contribution is 2.03. The molecular weight excluding hydrogens is 139 g/mol. The fourth-order valence-corrected chi connectivity index (χ4v) is 0.775. The van der Waals surface area contributed by atoms with Gasteiger partial charge in [0, 0.05) is 6.42 Å². The topological polar surface area (TPSA) is 0 Å². The summed E-state index contributed by atoms with van der Waals surface area (Å²) < 4.78 is 11.7. The van der Waals surface area contributed by atoms with E-state index >= 15 is 0 Å². The van der Waals surface area contributed by atoms with E-state index in [4.69, 9.17) is 6.42 Å². The fraction of sp³-hybridized carbons (Fsp3) is 0.400. The molecule has 0 saturated carbocycles. The highest BCUT2D eigenvalue weighted by Gasteiger charge is 1.86. The van der Waals surface area contributed by atoms with E-state index in [2.05, 4.69) is 5.92 Å². The van der Waals surface area contributed by atoms with Gasteiger partial charge in [0.2, 0.25) is 0 Å². The minimum absolute atomic E-state index is 0.425. The Morgan fingerprint density at radius 2 is 2.36 bits per heavy atom. The molecule has 0 heterocycles. The zero-order chi connectivity index (χ0) is 8.53. The molecule has 0 aromatic heterocycles. The Morgan fingerprint density at radius 1 is 1.64 bits per heavy atom. The first kappa shape index (κ1) is 9.97. The van der Waals surface area contributed by atoms with Crippen LogP contribution in [0.3, 0.4) is 0 Å². The summed E-state index contributed by atoms with van der Waals surface area (Å²) >= 11 is 0. The summed E-state index contributed by atoms with van der Waals surface area (Å²) in [5.41, 5.74) is 1.02. The molecule has 0 aromatic rings. The lowest BCUT2D eigenvalue weighted by molar-refractivity contribution is 0.561. The largest absolute Gasteiger partial charge is 0.247 e. The van der Waals surface area contributed by atoms with Gasteiger partial charge in [-0.3, -0.25) is 0 Å². The van der Waals surface area contributed by atoms with E-state index < -0.39 is 6.67 Å². The molecule has 0 nitrogen and oxygen atoms in total. The van der Waals surface area contributed by atoms with Crippen molar-refractivity contribution in [1.82, 2.24) is 0 Å². The summed E-state index contributed by atoms with van der Waals surface area (Å²) in [6.07, 6.45) is 11.9. The lowest BCUT2D eigenvalue weighted by Crippen LogP contribution is -1.76. The van der Waals surface area contributed by atoms with E-state index in [-0.39, 0.29) is 0 Å². The number of hydrogen-bond acceptors (Lipinski definition) is 0. The summed E-state index contributed by atoms with van der Waals surface area (Å²) in [5.74, 6) is 2.52. The van der Waals surface area contributed by atoms with Crippen molar-refractivity contribution in [2.24, 2.45) is 0 Å². The molecule has 0 N–H and O–H groups in total. The number of halogens is 1. The average Bonchev–Trinajstić information content (AvgIpc) is 2.01. The number of rotatable bonds is 4. The van der Waals surface area contributed by atoms with Crippen LogP contribution in [-0.4, -0.2) is 6.67 Å². The van der Waals surface area contributed by atoms with Crippen LogP contribution in [0.25, 0.3) is 0 Å². The van der Waals surface area contributed by atoms with Gasteiger partial charge in [-0.05, 0) is 12.0 Å². The monoisotopic (exact) mass is 152 g/mol. The molecule has 60 valence electrons. The first-order valence-electron chi connectivity index (χ1n) is 3.70. The fourth-order valence-electron chi connectivity index (χ4n) is 0.775. The maximum atomic E-state index is 11.7. The predicted octanol–water partition coefficient (Wildman–Crippen LogP) is 2.87. The molecule has 0 aromatic carbocycles. The summed E-state index contributed by atoms with van der Waals surface area (Å²) in [4.78, 5) is 0. The Morgan fingerprint density at radius 3 is 2.82 bits per heavy atom. The second-order valence-electron chi connectivity index (χ2n) is 2.12. The van der Waals surface area contributed by atoms with Crippen molar-refractivity contribution in [2.75, 3.05) is 6.67 Å². The second kappa shape index (κ2) is 7.08. The van der Waals surface area contributed by atoms with Crippen molar-refractivity contribution in [3.05, 3.63) is 23.8 Å². The molecule has 0 spiro atoms. The van der Waals surface area contributed by atoms with E-state index in [0.717, 1.165) is 12.0 Å². The second-order valence-corrected chi connectivity index (χ2v) is 2.12. The van der Waals surface area contributed by atoms with Gasteiger partial charge >= 0.3 is 0 Å². The molecule has 0 amide bonds. The number of allylic oxidation sites excluding steroid dienone is 4. The Hall–Kier alpha value is -1.03. The van der Waals surface area contributed by atoms with E-state index in [1.807, 2.05) is 13.0 Å². The van der Waals surface area contributed by atoms with Crippen molar-refractivity contribution < 1.29 is 4.39 Å². The Balaban J connectivity index is 4.02. The van der Waals surface area contributed by atoms with Crippen LogP contribution < -0.4 is 0 Å². The zero-order valence-corrected chi connectivity index (χ0v) is 6.81.